The summed E-state index contributed by atoms with van der Waals surface area (Å²) in [7, 11) is 0. The Morgan fingerprint density at radius 2 is 2.33 bits per heavy atom. The van der Waals surface area contributed by atoms with Crippen LogP contribution in [0, 0.1) is 11.3 Å². The van der Waals surface area contributed by atoms with Gasteiger partial charge in [-0.25, -0.2) is 0 Å². The fourth-order valence-electron chi connectivity index (χ4n) is 2.36. The SMILES string of the molecule is CCN1CCCC(C#N)(NCCCN=[N+]=[N-])CC1. The molecular weight excluding hydrogens is 228 g/mol. The van der Waals surface area contributed by atoms with Crippen LogP contribution in [0.4, 0.5) is 0 Å². The molecule has 0 saturated carbocycles. The third-order valence-corrected chi connectivity index (χ3v) is 3.56. The predicted octanol–water partition coefficient (Wildman–Crippen LogP) is 2.04. The second-order valence-electron chi connectivity index (χ2n) is 4.72. The van der Waals surface area contributed by atoms with E-state index in [-0.39, 0.29) is 5.54 Å². The molecule has 6 nitrogen and oxygen atoms in total. The van der Waals surface area contributed by atoms with E-state index in [2.05, 4.69) is 33.2 Å². The summed E-state index contributed by atoms with van der Waals surface area (Å²) in [6.45, 7) is 6.50. The van der Waals surface area contributed by atoms with E-state index in [0.29, 0.717) is 6.54 Å². The van der Waals surface area contributed by atoms with Crippen molar-refractivity contribution < 1.29 is 0 Å². The van der Waals surface area contributed by atoms with Crippen LogP contribution in [0.1, 0.15) is 32.6 Å². The molecule has 1 heterocycles. The van der Waals surface area contributed by atoms with Gasteiger partial charge < -0.3 is 4.90 Å². The fourth-order valence-corrected chi connectivity index (χ4v) is 2.36. The minimum atomic E-state index is -0.389. The molecule has 18 heavy (non-hydrogen) atoms. The van der Waals surface area contributed by atoms with Crippen LogP contribution in [0.2, 0.25) is 0 Å². The van der Waals surface area contributed by atoms with E-state index in [1.807, 2.05) is 0 Å². The lowest BCUT2D eigenvalue weighted by atomic mass is 9.92. The van der Waals surface area contributed by atoms with Gasteiger partial charge >= 0.3 is 0 Å². The van der Waals surface area contributed by atoms with Crippen LogP contribution >= 0.6 is 0 Å². The van der Waals surface area contributed by atoms with E-state index in [0.717, 1.165) is 51.9 Å². The topological polar surface area (TPSA) is 87.8 Å². The standard InChI is InChI=1S/C12H22N6/c1-2-18-9-3-5-12(11-13,6-10-18)15-7-4-8-16-17-14/h15H,2-10H2,1H3. The van der Waals surface area contributed by atoms with E-state index in [4.69, 9.17) is 5.53 Å². The zero-order valence-electron chi connectivity index (χ0n) is 11.1. The van der Waals surface area contributed by atoms with Crippen molar-refractivity contribution in [3.05, 3.63) is 10.4 Å². The molecule has 0 aromatic carbocycles. The van der Waals surface area contributed by atoms with Gasteiger partial charge in [0, 0.05) is 18.0 Å². The van der Waals surface area contributed by atoms with E-state index >= 15 is 0 Å². The van der Waals surface area contributed by atoms with Gasteiger partial charge in [-0.3, -0.25) is 5.32 Å². The summed E-state index contributed by atoms with van der Waals surface area (Å²) in [5.41, 5.74) is 7.80. The van der Waals surface area contributed by atoms with E-state index in [1.54, 1.807) is 0 Å². The van der Waals surface area contributed by atoms with E-state index < -0.39 is 0 Å². The minimum absolute atomic E-state index is 0.389. The second-order valence-corrected chi connectivity index (χ2v) is 4.72. The van der Waals surface area contributed by atoms with Gasteiger partial charge in [0.1, 0.15) is 5.54 Å². The van der Waals surface area contributed by atoms with Crippen LogP contribution in [0.15, 0.2) is 5.11 Å². The predicted molar refractivity (Wildman–Crippen MR) is 70.9 cm³/mol. The average Bonchev–Trinajstić information content (AvgIpc) is 2.61. The van der Waals surface area contributed by atoms with Crippen molar-refractivity contribution in [3.63, 3.8) is 0 Å². The molecule has 0 bridgehead atoms. The molecule has 1 rings (SSSR count). The summed E-state index contributed by atoms with van der Waals surface area (Å²) >= 11 is 0. The third kappa shape index (κ3) is 4.53. The third-order valence-electron chi connectivity index (χ3n) is 3.56. The lowest BCUT2D eigenvalue weighted by Gasteiger charge is -2.26. The molecule has 1 saturated heterocycles. The van der Waals surface area contributed by atoms with Gasteiger partial charge in [-0.05, 0) is 50.8 Å². The Hall–Kier alpha value is -1.28. The lowest BCUT2D eigenvalue weighted by molar-refractivity contribution is 0.289. The first kappa shape index (κ1) is 14.8. The highest BCUT2D eigenvalue weighted by Crippen LogP contribution is 2.21. The van der Waals surface area contributed by atoms with Gasteiger partial charge in [0.2, 0.25) is 0 Å². The maximum absolute atomic E-state index is 9.42. The van der Waals surface area contributed by atoms with E-state index in [9.17, 15) is 5.26 Å². The summed E-state index contributed by atoms with van der Waals surface area (Å²) in [6, 6.07) is 2.45. The Kier molecular flexibility index (Phi) is 6.51. The average molecular weight is 250 g/mol. The quantitative estimate of drug-likeness (QED) is 0.338. The highest BCUT2D eigenvalue weighted by atomic mass is 15.1. The molecule has 0 aliphatic carbocycles. The lowest BCUT2D eigenvalue weighted by Crippen LogP contribution is -2.45. The van der Waals surface area contributed by atoms with Gasteiger partial charge in [-0.2, -0.15) is 5.26 Å². The van der Waals surface area contributed by atoms with Crippen molar-refractivity contribution in [2.24, 2.45) is 5.11 Å². The van der Waals surface area contributed by atoms with Crippen molar-refractivity contribution in [3.8, 4) is 6.07 Å². The van der Waals surface area contributed by atoms with Gasteiger partial charge in [0.15, 0.2) is 0 Å². The van der Waals surface area contributed by atoms with Gasteiger partial charge in [-0.15, -0.1) is 0 Å². The fraction of sp³-hybridized carbons (Fsp3) is 0.917. The molecule has 1 unspecified atom stereocenters. The van der Waals surface area contributed by atoms with Crippen molar-refractivity contribution >= 4 is 0 Å². The van der Waals surface area contributed by atoms with E-state index in [1.165, 1.54) is 0 Å². The summed E-state index contributed by atoms with van der Waals surface area (Å²) in [5.74, 6) is 0. The Bertz CT molecular complexity index is 330. The maximum Gasteiger partial charge on any atom is 0.108 e. The number of nitriles is 1. The molecule has 0 spiro atoms. The first-order valence-corrected chi connectivity index (χ1v) is 6.66. The summed E-state index contributed by atoms with van der Waals surface area (Å²) < 4.78 is 0. The van der Waals surface area contributed by atoms with Crippen LogP contribution in [-0.2, 0) is 0 Å². The number of hydrogen-bond acceptors (Lipinski definition) is 4. The van der Waals surface area contributed by atoms with Crippen LogP contribution < -0.4 is 5.32 Å². The normalized spacial score (nSPS) is 24.9. The molecule has 1 fully saturated rings. The first-order chi connectivity index (χ1) is 8.76. The maximum atomic E-state index is 9.42. The minimum Gasteiger partial charge on any atom is -0.304 e. The molecule has 1 aliphatic rings. The largest absolute Gasteiger partial charge is 0.304 e. The Labute approximate surface area is 109 Å². The number of nitrogens with one attached hydrogen (secondary N) is 1. The first-order valence-electron chi connectivity index (χ1n) is 6.66. The summed E-state index contributed by atoms with van der Waals surface area (Å²) in [5, 5.41) is 16.3. The highest BCUT2D eigenvalue weighted by Gasteiger charge is 2.31. The molecule has 0 radical (unpaired) electrons. The zero-order chi connectivity index (χ0) is 13.3. The number of azide groups is 1. The van der Waals surface area contributed by atoms with Gasteiger partial charge in [0.05, 0.1) is 6.07 Å². The number of hydrogen-bond donors (Lipinski definition) is 1. The molecule has 0 amide bonds. The number of nitrogens with zero attached hydrogens (tertiary/aromatic N) is 5. The van der Waals surface area contributed by atoms with Crippen molar-refractivity contribution in [1.82, 2.24) is 10.2 Å². The Morgan fingerprint density at radius 1 is 1.50 bits per heavy atom. The van der Waals surface area contributed by atoms with Crippen LogP contribution in [0.5, 0.6) is 0 Å². The molecule has 0 aromatic heterocycles. The molecule has 6 heteroatoms. The molecule has 1 atom stereocenters. The molecule has 100 valence electrons. The smallest absolute Gasteiger partial charge is 0.108 e. The van der Waals surface area contributed by atoms with Crippen LogP contribution in [-0.4, -0.2) is 43.2 Å². The van der Waals surface area contributed by atoms with Gasteiger partial charge in [0.25, 0.3) is 0 Å². The highest BCUT2D eigenvalue weighted by molar-refractivity contribution is 5.08. The van der Waals surface area contributed by atoms with Gasteiger partial charge in [-0.1, -0.05) is 12.0 Å². The number of likely N-dealkylation sites (tertiary alicyclic amines) is 1. The monoisotopic (exact) mass is 250 g/mol. The second kappa shape index (κ2) is 7.93. The molecule has 1 N–H and O–H groups in total. The molecule has 1 aliphatic heterocycles. The van der Waals surface area contributed by atoms with Crippen molar-refractivity contribution in [2.75, 3.05) is 32.7 Å². The Balaban J connectivity index is 2.42. The summed E-state index contributed by atoms with van der Waals surface area (Å²) in [4.78, 5) is 5.11. The number of rotatable bonds is 6. The van der Waals surface area contributed by atoms with Crippen LogP contribution in [0.25, 0.3) is 10.4 Å². The van der Waals surface area contributed by atoms with Crippen molar-refractivity contribution in [2.45, 2.75) is 38.1 Å². The zero-order valence-corrected chi connectivity index (χ0v) is 11.1. The van der Waals surface area contributed by atoms with Crippen LogP contribution in [0.3, 0.4) is 0 Å². The molecule has 0 aromatic rings. The molecular formula is C12H22N6. The van der Waals surface area contributed by atoms with Crippen molar-refractivity contribution in [1.29, 1.82) is 5.26 Å². The Morgan fingerprint density at radius 3 is 3.00 bits per heavy atom. The summed E-state index contributed by atoms with van der Waals surface area (Å²) in [6.07, 6.45) is 3.62.